The molecule has 4 amide bonds. The van der Waals surface area contributed by atoms with Crippen LogP contribution in [-0.2, 0) is 12.8 Å². The summed E-state index contributed by atoms with van der Waals surface area (Å²) in [6.45, 7) is 4.05. The van der Waals surface area contributed by atoms with E-state index in [2.05, 4.69) is 0 Å². The quantitative estimate of drug-likeness (QED) is 0.123. The fourth-order valence-corrected chi connectivity index (χ4v) is 7.84. The van der Waals surface area contributed by atoms with E-state index < -0.39 is 11.8 Å². The number of nitrogens with zero attached hydrogens (tertiary/aromatic N) is 2. The van der Waals surface area contributed by atoms with Crippen LogP contribution in [0.25, 0.3) is 43.1 Å². The van der Waals surface area contributed by atoms with Crippen molar-refractivity contribution in [2.45, 2.75) is 26.7 Å². The number of fused-ring (bicyclic) bond motifs is 2. The molecule has 7 heteroatoms. The lowest BCUT2D eigenvalue weighted by Crippen LogP contribution is -2.41. The maximum absolute atomic E-state index is 14.3. The molecule has 0 saturated carbocycles. The van der Waals surface area contributed by atoms with Crippen LogP contribution in [0.4, 0.5) is 11.4 Å². The van der Waals surface area contributed by atoms with Crippen LogP contribution in [0.2, 0.25) is 0 Å². The van der Waals surface area contributed by atoms with Crippen LogP contribution in [0.5, 0.6) is 5.75 Å². The number of carbonyl (C=O) groups is 4. The third-order valence-electron chi connectivity index (χ3n) is 9.91. The summed E-state index contributed by atoms with van der Waals surface area (Å²) in [6, 6.07) is 26.7. The van der Waals surface area contributed by atoms with Gasteiger partial charge in [0.05, 0.1) is 11.4 Å². The zero-order valence-electron chi connectivity index (χ0n) is 25.5. The van der Waals surface area contributed by atoms with E-state index in [1.807, 2.05) is 56.3 Å². The summed E-state index contributed by atoms with van der Waals surface area (Å²) < 4.78 is 0. The van der Waals surface area contributed by atoms with E-state index >= 15 is 0 Å². The van der Waals surface area contributed by atoms with E-state index in [1.54, 1.807) is 36.4 Å². The third-order valence-corrected chi connectivity index (χ3v) is 9.91. The summed E-state index contributed by atoms with van der Waals surface area (Å²) in [7, 11) is 0. The van der Waals surface area contributed by atoms with Gasteiger partial charge in [-0.15, -0.1) is 0 Å². The number of aromatic hydroxyl groups is 1. The van der Waals surface area contributed by atoms with E-state index in [1.165, 1.54) is 17.0 Å². The standard InChI is InChI=1S/C40H26N2O5/c1-3-20-7-5-8-21(4-2)36(20)42-39(46)30-17-13-26-24-11-15-28-34-29(38(45)41(37(28)44)22-9-6-10-23(43)19-22)16-12-25(32(24)34)27-14-18-31(40(42)47)35(30)33(26)27/h5-19,43H,3-4H2,1-2H3. The number of hydrogen-bond donors (Lipinski definition) is 1. The smallest absolute Gasteiger partial charge is 0.266 e. The van der Waals surface area contributed by atoms with Gasteiger partial charge in [0.25, 0.3) is 23.6 Å². The Bertz CT molecular complexity index is 2460. The Balaban J connectivity index is 1.31. The summed E-state index contributed by atoms with van der Waals surface area (Å²) in [5.74, 6) is -1.68. The van der Waals surface area contributed by atoms with Crippen molar-refractivity contribution in [3.63, 3.8) is 0 Å². The van der Waals surface area contributed by atoms with Crippen molar-refractivity contribution in [2.75, 3.05) is 9.80 Å². The second-order valence-corrected chi connectivity index (χ2v) is 12.2. The number of para-hydroxylation sites is 1. The molecule has 7 nitrogen and oxygen atoms in total. The highest BCUT2D eigenvalue weighted by Crippen LogP contribution is 2.47. The van der Waals surface area contributed by atoms with E-state index in [-0.39, 0.29) is 17.6 Å². The molecular weight excluding hydrogens is 588 g/mol. The number of aryl methyl sites for hydroxylation is 2. The highest BCUT2D eigenvalue weighted by atomic mass is 16.3. The minimum absolute atomic E-state index is 0.0452. The Hall–Kier alpha value is -6.08. The van der Waals surface area contributed by atoms with Gasteiger partial charge in [-0.3, -0.25) is 19.2 Å². The van der Waals surface area contributed by atoms with E-state index in [0.717, 1.165) is 48.3 Å². The first-order valence-electron chi connectivity index (χ1n) is 15.7. The van der Waals surface area contributed by atoms with Crippen molar-refractivity contribution >= 4 is 78.1 Å². The van der Waals surface area contributed by atoms with Crippen molar-refractivity contribution in [1.29, 1.82) is 0 Å². The van der Waals surface area contributed by atoms with Gasteiger partial charge in [-0.25, -0.2) is 9.80 Å². The minimum atomic E-state index is -0.470. The molecule has 2 aliphatic rings. The van der Waals surface area contributed by atoms with E-state index in [9.17, 15) is 24.3 Å². The highest BCUT2D eigenvalue weighted by Gasteiger charge is 2.39. The van der Waals surface area contributed by atoms with Crippen LogP contribution < -0.4 is 9.80 Å². The van der Waals surface area contributed by atoms with Crippen LogP contribution in [0, 0.1) is 0 Å². The molecule has 7 aromatic carbocycles. The highest BCUT2D eigenvalue weighted by molar-refractivity contribution is 6.45. The van der Waals surface area contributed by atoms with Crippen molar-refractivity contribution < 1.29 is 24.3 Å². The molecule has 0 aliphatic carbocycles. The molecule has 2 heterocycles. The normalized spacial score (nSPS) is 14.5. The number of phenols is 1. The van der Waals surface area contributed by atoms with Gasteiger partial charge in [0, 0.05) is 39.1 Å². The van der Waals surface area contributed by atoms with Crippen molar-refractivity contribution in [1.82, 2.24) is 0 Å². The summed E-state index contributed by atoms with van der Waals surface area (Å²) >= 11 is 0. The largest absolute Gasteiger partial charge is 0.508 e. The number of benzene rings is 7. The molecule has 0 spiro atoms. The van der Waals surface area contributed by atoms with Crippen molar-refractivity contribution in [3.05, 3.63) is 124 Å². The predicted octanol–water partition coefficient (Wildman–Crippen LogP) is 8.17. The van der Waals surface area contributed by atoms with Gasteiger partial charge < -0.3 is 5.11 Å². The van der Waals surface area contributed by atoms with Gasteiger partial charge in [0.2, 0.25) is 0 Å². The summed E-state index contributed by atoms with van der Waals surface area (Å²) in [4.78, 5) is 58.8. The van der Waals surface area contributed by atoms with Crippen LogP contribution in [-0.4, -0.2) is 28.7 Å². The van der Waals surface area contributed by atoms with Crippen LogP contribution in [0.3, 0.4) is 0 Å². The maximum atomic E-state index is 14.3. The third kappa shape index (κ3) is 3.40. The van der Waals surface area contributed by atoms with Gasteiger partial charge in [-0.05, 0) is 92.7 Å². The molecule has 0 saturated heterocycles. The first-order chi connectivity index (χ1) is 22.8. The number of rotatable bonds is 4. The molecule has 0 atom stereocenters. The summed E-state index contributed by atoms with van der Waals surface area (Å²) in [5, 5.41) is 16.2. The number of amides is 4. The Kier molecular flexibility index (Phi) is 5.49. The number of phenolic OH excluding ortho intramolecular Hbond substituents is 1. The van der Waals surface area contributed by atoms with Gasteiger partial charge in [0.1, 0.15) is 5.75 Å². The van der Waals surface area contributed by atoms with Crippen molar-refractivity contribution in [3.8, 4) is 5.75 Å². The molecule has 9 rings (SSSR count). The SMILES string of the molecule is CCc1cccc(CC)c1N1C(=O)c2ccc3c4ccc5c6c(ccc(c7ccc(c2c37)C1=O)c64)C(=O)N(c1cccc(O)c1)C5=O. The second-order valence-electron chi connectivity index (χ2n) is 12.2. The Morgan fingerprint density at radius 1 is 0.489 bits per heavy atom. The lowest BCUT2D eigenvalue weighted by Gasteiger charge is -2.31. The zero-order chi connectivity index (χ0) is 32.3. The van der Waals surface area contributed by atoms with Gasteiger partial charge in [-0.2, -0.15) is 0 Å². The molecule has 7 aromatic rings. The van der Waals surface area contributed by atoms with Gasteiger partial charge in [-0.1, -0.05) is 62.4 Å². The van der Waals surface area contributed by atoms with Crippen LogP contribution in [0.1, 0.15) is 66.4 Å². The van der Waals surface area contributed by atoms with E-state index in [4.69, 9.17) is 0 Å². The minimum Gasteiger partial charge on any atom is -0.508 e. The number of carbonyl (C=O) groups excluding carboxylic acids is 4. The molecule has 0 bridgehead atoms. The topological polar surface area (TPSA) is 95.0 Å². The average Bonchev–Trinajstić information content (AvgIpc) is 3.09. The lowest BCUT2D eigenvalue weighted by molar-refractivity contribution is 0.0877. The predicted molar refractivity (Wildman–Crippen MR) is 183 cm³/mol. The van der Waals surface area contributed by atoms with Gasteiger partial charge in [0.15, 0.2) is 0 Å². The molecule has 1 N–H and O–H groups in total. The fourth-order valence-electron chi connectivity index (χ4n) is 7.84. The molecule has 0 unspecified atom stereocenters. The molecule has 2 aliphatic heterocycles. The summed E-state index contributed by atoms with van der Waals surface area (Å²) in [6.07, 6.45) is 1.36. The zero-order valence-corrected chi connectivity index (χ0v) is 25.5. The monoisotopic (exact) mass is 614 g/mol. The first kappa shape index (κ1) is 27.2. The molecule has 0 fully saturated rings. The molecule has 0 radical (unpaired) electrons. The summed E-state index contributed by atoms with van der Waals surface area (Å²) in [5.41, 5.74) is 4.56. The molecule has 226 valence electrons. The number of imide groups is 2. The number of hydrogen-bond acceptors (Lipinski definition) is 5. The Morgan fingerprint density at radius 2 is 0.894 bits per heavy atom. The Labute approximate surface area is 268 Å². The first-order valence-corrected chi connectivity index (χ1v) is 15.7. The fraction of sp³-hybridized carbons (Fsp3) is 0.100. The lowest BCUT2D eigenvalue weighted by atomic mass is 9.82. The van der Waals surface area contributed by atoms with Crippen LogP contribution >= 0.6 is 0 Å². The maximum Gasteiger partial charge on any atom is 0.266 e. The van der Waals surface area contributed by atoms with Crippen LogP contribution in [0.15, 0.2) is 91.0 Å². The molecular formula is C40H26N2O5. The van der Waals surface area contributed by atoms with Crippen molar-refractivity contribution in [2.24, 2.45) is 0 Å². The average molecular weight is 615 g/mol. The van der Waals surface area contributed by atoms with Gasteiger partial charge >= 0.3 is 0 Å². The molecule has 0 aromatic heterocycles. The van der Waals surface area contributed by atoms with E-state index in [0.29, 0.717) is 57.2 Å². The molecule has 47 heavy (non-hydrogen) atoms. The Morgan fingerprint density at radius 3 is 1.30 bits per heavy atom. The number of anilines is 2. The second kappa shape index (κ2) is 9.47.